The van der Waals surface area contributed by atoms with Gasteiger partial charge < -0.3 is 10.8 Å². The van der Waals surface area contributed by atoms with Crippen molar-refractivity contribution in [1.82, 2.24) is 4.90 Å². The van der Waals surface area contributed by atoms with E-state index in [1.54, 1.807) is 0 Å². The van der Waals surface area contributed by atoms with Gasteiger partial charge in [0.1, 0.15) is 0 Å². The normalized spacial score (nSPS) is 17.8. The van der Waals surface area contributed by atoms with E-state index < -0.39 is 5.54 Å². The largest absolute Gasteiger partial charge is 0.394 e. The van der Waals surface area contributed by atoms with Crippen molar-refractivity contribution in [2.75, 3.05) is 19.7 Å². The van der Waals surface area contributed by atoms with Crippen molar-refractivity contribution in [3.63, 3.8) is 0 Å². The fourth-order valence-electron chi connectivity index (χ4n) is 1.59. The minimum atomic E-state index is -0.475. The zero-order valence-corrected chi connectivity index (χ0v) is 10.8. The molecule has 2 atom stereocenters. The zero-order chi connectivity index (χ0) is 11.9. The van der Waals surface area contributed by atoms with Crippen LogP contribution in [-0.4, -0.2) is 41.3 Å². The third-order valence-corrected chi connectivity index (χ3v) is 2.94. The number of unbranched alkanes of at least 4 members (excludes halogenated alkanes) is 1. The number of hydrogen-bond donors (Lipinski definition) is 2. The molecule has 0 rings (SSSR count). The summed E-state index contributed by atoms with van der Waals surface area (Å²) in [5.74, 6) is 0. The smallest absolute Gasteiger partial charge is 0.0621 e. The van der Waals surface area contributed by atoms with E-state index in [4.69, 9.17) is 5.73 Å². The van der Waals surface area contributed by atoms with Gasteiger partial charge in [-0.3, -0.25) is 4.90 Å². The average Bonchev–Trinajstić information content (AvgIpc) is 2.23. The van der Waals surface area contributed by atoms with Gasteiger partial charge in [-0.2, -0.15) is 0 Å². The second kappa shape index (κ2) is 7.20. The van der Waals surface area contributed by atoms with Crippen LogP contribution in [0.15, 0.2) is 0 Å². The first-order chi connectivity index (χ1) is 6.96. The van der Waals surface area contributed by atoms with Crippen molar-refractivity contribution in [1.29, 1.82) is 0 Å². The Kier molecular flexibility index (Phi) is 7.14. The molecule has 0 heterocycles. The summed E-state index contributed by atoms with van der Waals surface area (Å²) >= 11 is 0. The van der Waals surface area contributed by atoms with Crippen LogP contribution in [0.2, 0.25) is 0 Å². The van der Waals surface area contributed by atoms with Crippen molar-refractivity contribution in [3.05, 3.63) is 0 Å². The van der Waals surface area contributed by atoms with E-state index in [1.165, 1.54) is 12.8 Å². The second-order valence-electron chi connectivity index (χ2n) is 4.89. The Morgan fingerprint density at radius 1 is 1.40 bits per heavy atom. The highest BCUT2D eigenvalue weighted by Crippen LogP contribution is 2.10. The van der Waals surface area contributed by atoms with Gasteiger partial charge in [0.25, 0.3) is 0 Å². The van der Waals surface area contributed by atoms with Crippen molar-refractivity contribution < 1.29 is 5.11 Å². The Labute approximate surface area is 94.6 Å². The van der Waals surface area contributed by atoms with Gasteiger partial charge in [0, 0.05) is 18.1 Å². The standard InChI is InChI=1S/C12H28N2O/c1-5-7-8-14(11(3)6-2)9-12(4,13)10-15/h11,15H,5-10,13H2,1-4H3. The van der Waals surface area contributed by atoms with Crippen LogP contribution in [0.5, 0.6) is 0 Å². The average molecular weight is 216 g/mol. The number of nitrogens with two attached hydrogens (primary N) is 1. The van der Waals surface area contributed by atoms with Gasteiger partial charge in [-0.25, -0.2) is 0 Å². The van der Waals surface area contributed by atoms with Gasteiger partial charge in [-0.05, 0) is 33.2 Å². The van der Waals surface area contributed by atoms with Gasteiger partial charge >= 0.3 is 0 Å². The lowest BCUT2D eigenvalue weighted by Crippen LogP contribution is -2.52. The molecule has 0 aliphatic heterocycles. The summed E-state index contributed by atoms with van der Waals surface area (Å²) < 4.78 is 0. The van der Waals surface area contributed by atoms with Crippen LogP contribution in [0, 0.1) is 0 Å². The summed E-state index contributed by atoms with van der Waals surface area (Å²) in [7, 11) is 0. The number of aliphatic hydroxyl groups excluding tert-OH is 1. The first kappa shape index (κ1) is 14.9. The van der Waals surface area contributed by atoms with Crippen molar-refractivity contribution >= 4 is 0 Å². The molecule has 0 bridgehead atoms. The van der Waals surface area contributed by atoms with Crippen molar-refractivity contribution in [3.8, 4) is 0 Å². The predicted molar refractivity (Wildman–Crippen MR) is 65.9 cm³/mol. The van der Waals surface area contributed by atoms with E-state index in [2.05, 4.69) is 25.7 Å². The van der Waals surface area contributed by atoms with E-state index in [9.17, 15) is 5.11 Å². The molecular formula is C12H28N2O. The second-order valence-corrected chi connectivity index (χ2v) is 4.89. The van der Waals surface area contributed by atoms with E-state index in [0.29, 0.717) is 6.04 Å². The minimum absolute atomic E-state index is 0.0477. The molecule has 0 radical (unpaired) electrons. The molecular weight excluding hydrogens is 188 g/mol. The summed E-state index contributed by atoms with van der Waals surface area (Å²) in [4.78, 5) is 2.39. The van der Waals surface area contributed by atoms with E-state index in [1.807, 2.05) is 6.92 Å². The number of hydrogen-bond acceptors (Lipinski definition) is 3. The van der Waals surface area contributed by atoms with Crippen LogP contribution >= 0.6 is 0 Å². The van der Waals surface area contributed by atoms with Crippen LogP contribution in [-0.2, 0) is 0 Å². The topological polar surface area (TPSA) is 49.5 Å². The van der Waals surface area contributed by atoms with Gasteiger partial charge in [0.15, 0.2) is 0 Å². The van der Waals surface area contributed by atoms with Crippen LogP contribution in [0.25, 0.3) is 0 Å². The highest BCUT2D eigenvalue weighted by atomic mass is 16.3. The third kappa shape index (κ3) is 6.13. The van der Waals surface area contributed by atoms with Crippen LogP contribution < -0.4 is 5.73 Å². The van der Waals surface area contributed by atoms with Gasteiger partial charge in [-0.15, -0.1) is 0 Å². The van der Waals surface area contributed by atoms with Gasteiger partial charge in [-0.1, -0.05) is 20.3 Å². The van der Waals surface area contributed by atoms with Crippen LogP contribution in [0.1, 0.15) is 47.0 Å². The lowest BCUT2D eigenvalue weighted by Gasteiger charge is -2.35. The highest BCUT2D eigenvalue weighted by Gasteiger charge is 2.23. The first-order valence-corrected chi connectivity index (χ1v) is 6.10. The predicted octanol–water partition coefficient (Wildman–Crippen LogP) is 1.60. The van der Waals surface area contributed by atoms with Crippen molar-refractivity contribution in [2.24, 2.45) is 5.73 Å². The Morgan fingerprint density at radius 3 is 2.40 bits per heavy atom. The molecule has 0 spiro atoms. The molecule has 0 aliphatic rings. The number of aliphatic hydroxyl groups is 1. The summed E-state index contributed by atoms with van der Waals surface area (Å²) in [5.41, 5.74) is 5.51. The molecule has 2 unspecified atom stereocenters. The molecule has 0 saturated carbocycles. The van der Waals surface area contributed by atoms with Gasteiger partial charge in [0.2, 0.25) is 0 Å². The Balaban J connectivity index is 4.23. The van der Waals surface area contributed by atoms with E-state index >= 15 is 0 Å². The quantitative estimate of drug-likeness (QED) is 0.648. The molecule has 92 valence electrons. The van der Waals surface area contributed by atoms with Crippen LogP contribution in [0.4, 0.5) is 0 Å². The Morgan fingerprint density at radius 2 is 2.00 bits per heavy atom. The molecule has 15 heavy (non-hydrogen) atoms. The Hall–Kier alpha value is -0.120. The number of nitrogens with zero attached hydrogens (tertiary/aromatic N) is 1. The molecule has 0 fully saturated rings. The van der Waals surface area contributed by atoms with Crippen molar-refractivity contribution in [2.45, 2.75) is 58.5 Å². The lowest BCUT2D eigenvalue weighted by molar-refractivity contribution is 0.119. The maximum atomic E-state index is 9.17. The molecule has 0 aliphatic carbocycles. The maximum Gasteiger partial charge on any atom is 0.0621 e. The molecule has 0 aromatic carbocycles. The summed E-state index contributed by atoms with van der Waals surface area (Å²) in [5, 5.41) is 9.17. The SMILES string of the molecule is CCCCN(CC(C)(N)CO)C(C)CC. The van der Waals surface area contributed by atoms with Crippen LogP contribution in [0.3, 0.4) is 0 Å². The summed E-state index contributed by atoms with van der Waals surface area (Å²) in [6.45, 7) is 10.4. The zero-order valence-electron chi connectivity index (χ0n) is 10.8. The fraction of sp³-hybridized carbons (Fsp3) is 1.00. The van der Waals surface area contributed by atoms with E-state index in [-0.39, 0.29) is 6.61 Å². The highest BCUT2D eigenvalue weighted by molar-refractivity contribution is 4.83. The summed E-state index contributed by atoms with van der Waals surface area (Å²) in [6.07, 6.45) is 3.53. The minimum Gasteiger partial charge on any atom is -0.394 e. The monoisotopic (exact) mass is 216 g/mol. The molecule has 0 amide bonds. The van der Waals surface area contributed by atoms with Gasteiger partial charge in [0.05, 0.1) is 6.61 Å². The Bertz CT molecular complexity index is 160. The molecule has 0 saturated heterocycles. The number of rotatable bonds is 8. The lowest BCUT2D eigenvalue weighted by atomic mass is 10.0. The molecule has 0 aromatic rings. The van der Waals surface area contributed by atoms with E-state index in [0.717, 1.165) is 19.5 Å². The maximum absolute atomic E-state index is 9.17. The molecule has 3 nitrogen and oxygen atoms in total. The fourth-order valence-corrected chi connectivity index (χ4v) is 1.59. The third-order valence-electron chi connectivity index (χ3n) is 2.94. The molecule has 3 heteroatoms. The molecule has 3 N–H and O–H groups in total. The summed E-state index contributed by atoms with van der Waals surface area (Å²) in [6, 6.07) is 0.547. The first-order valence-electron chi connectivity index (χ1n) is 6.10. The molecule has 0 aromatic heterocycles.